The molecule has 144 valence electrons. The average molecular weight is 371 g/mol. The number of nitrogens with one attached hydrogen (secondary N) is 2. The fraction of sp³-hybridized carbons (Fsp3) is 0.474. The summed E-state index contributed by atoms with van der Waals surface area (Å²) in [6.45, 7) is 5.99. The van der Waals surface area contributed by atoms with E-state index in [2.05, 4.69) is 20.3 Å². The summed E-state index contributed by atoms with van der Waals surface area (Å²) in [5.41, 5.74) is 1.23. The number of nitrogens with zero attached hydrogens (tertiary/aromatic N) is 3. The molecule has 2 N–H and O–H groups in total. The second kappa shape index (κ2) is 7.77. The molecule has 2 aromatic rings. The van der Waals surface area contributed by atoms with E-state index in [-0.39, 0.29) is 34.4 Å². The molecule has 0 saturated carbocycles. The maximum Gasteiger partial charge on any atom is 0.268 e. The van der Waals surface area contributed by atoms with E-state index in [0.717, 1.165) is 30.9 Å². The highest BCUT2D eigenvalue weighted by molar-refractivity contribution is 5.93. The van der Waals surface area contributed by atoms with Crippen molar-refractivity contribution in [3.05, 3.63) is 56.4 Å². The molecule has 27 heavy (non-hydrogen) atoms. The van der Waals surface area contributed by atoms with E-state index < -0.39 is 0 Å². The van der Waals surface area contributed by atoms with Crippen LogP contribution in [0.3, 0.4) is 0 Å². The van der Waals surface area contributed by atoms with Crippen LogP contribution in [0.25, 0.3) is 0 Å². The van der Waals surface area contributed by atoms with Gasteiger partial charge in [0.1, 0.15) is 5.56 Å². The Balaban J connectivity index is 1.58. The summed E-state index contributed by atoms with van der Waals surface area (Å²) < 4.78 is 1.29. The summed E-state index contributed by atoms with van der Waals surface area (Å²) in [6, 6.07) is 4.93. The lowest BCUT2D eigenvalue weighted by Crippen LogP contribution is -2.34. The Kier molecular flexibility index (Phi) is 5.43. The average Bonchev–Trinajstić information content (AvgIpc) is 3.11. The lowest BCUT2D eigenvalue weighted by Gasteiger charge is -2.18. The number of aryl methyl sites for hydroxylation is 1. The summed E-state index contributed by atoms with van der Waals surface area (Å²) >= 11 is 0. The van der Waals surface area contributed by atoms with Gasteiger partial charge in [-0.2, -0.15) is 5.10 Å². The summed E-state index contributed by atoms with van der Waals surface area (Å²) in [6.07, 6.45) is 2.58. The van der Waals surface area contributed by atoms with Crippen molar-refractivity contribution >= 4 is 11.6 Å². The Bertz CT molecular complexity index is 947. The van der Waals surface area contributed by atoms with Crippen molar-refractivity contribution in [1.82, 2.24) is 20.1 Å². The van der Waals surface area contributed by atoms with Gasteiger partial charge in [0, 0.05) is 38.4 Å². The number of anilines is 1. The number of hydrogen-bond acceptors (Lipinski definition) is 5. The molecular weight excluding hydrogens is 346 g/mol. The normalized spacial score (nSPS) is 16.7. The maximum absolute atomic E-state index is 12.3. The van der Waals surface area contributed by atoms with Gasteiger partial charge >= 0.3 is 0 Å². The van der Waals surface area contributed by atoms with Gasteiger partial charge < -0.3 is 15.2 Å². The van der Waals surface area contributed by atoms with Crippen LogP contribution in [0.5, 0.6) is 0 Å². The Morgan fingerprint density at radius 2 is 2.15 bits per heavy atom. The minimum Gasteiger partial charge on any atom is -0.370 e. The minimum absolute atomic E-state index is 0.130. The molecule has 8 heteroatoms. The molecule has 1 amide bonds. The number of aromatic nitrogens is 3. The fourth-order valence-electron chi connectivity index (χ4n) is 3.20. The van der Waals surface area contributed by atoms with E-state index >= 15 is 0 Å². The quantitative estimate of drug-likeness (QED) is 0.812. The number of aromatic amines is 1. The van der Waals surface area contributed by atoms with Gasteiger partial charge in [0.25, 0.3) is 17.0 Å². The zero-order valence-corrected chi connectivity index (χ0v) is 15.9. The number of amides is 1. The molecule has 0 bridgehead atoms. The zero-order valence-electron chi connectivity index (χ0n) is 15.9. The predicted molar refractivity (Wildman–Crippen MR) is 103 cm³/mol. The van der Waals surface area contributed by atoms with Crippen molar-refractivity contribution in [1.29, 1.82) is 0 Å². The molecular formula is C19H25N5O3. The van der Waals surface area contributed by atoms with Crippen LogP contribution < -0.4 is 21.3 Å². The third-order valence-electron chi connectivity index (χ3n) is 4.95. The number of hydrogen-bond donors (Lipinski definition) is 2. The van der Waals surface area contributed by atoms with Gasteiger partial charge in [0.15, 0.2) is 0 Å². The first kappa shape index (κ1) is 18.9. The van der Waals surface area contributed by atoms with Crippen molar-refractivity contribution in [2.75, 3.05) is 24.5 Å². The number of carbonyl (C=O) groups is 1. The molecule has 1 atom stereocenters. The Hall–Kier alpha value is -2.90. The molecule has 0 aliphatic carbocycles. The van der Waals surface area contributed by atoms with Gasteiger partial charge in [-0.05, 0) is 30.4 Å². The second-order valence-corrected chi connectivity index (χ2v) is 7.30. The first-order valence-electron chi connectivity index (χ1n) is 9.15. The summed E-state index contributed by atoms with van der Waals surface area (Å²) in [5, 5.41) is 6.90. The number of rotatable bonds is 5. The first-order chi connectivity index (χ1) is 12.8. The molecule has 0 spiro atoms. The fourth-order valence-corrected chi connectivity index (χ4v) is 3.20. The molecule has 1 saturated heterocycles. The highest BCUT2D eigenvalue weighted by Crippen LogP contribution is 2.21. The van der Waals surface area contributed by atoms with Crippen molar-refractivity contribution in [3.8, 4) is 0 Å². The molecule has 0 radical (unpaired) electrons. The molecule has 8 nitrogen and oxygen atoms in total. The van der Waals surface area contributed by atoms with E-state index in [4.69, 9.17) is 0 Å². The number of H-pyrrole nitrogens is 1. The third kappa shape index (κ3) is 4.27. The summed E-state index contributed by atoms with van der Waals surface area (Å²) in [4.78, 5) is 41.0. The summed E-state index contributed by atoms with van der Waals surface area (Å²) in [7, 11) is 1.61. The number of pyridine rings is 1. The number of carbonyl (C=O) groups excluding carboxylic acids is 1. The van der Waals surface area contributed by atoms with Gasteiger partial charge in [-0.15, -0.1) is 0 Å². The Morgan fingerprint density at radius 1 is 1.37 bits per heavy atom. The van der Waals surface area contributed by atoms with E-state index in [0.29, 0.717) is 6.54 Å². The van der Waals surface area contributed by atoms with Crippen molar-refractivity contribution in [2.45, 2.75) is 26.2 Å². The molecule has 1 aliphatic heterocycles. The van der Waals surface area contributed by atoms with Crippen LogP contribution in [0.4, 0.5) is 5.69 Å². The van der Waals surface area contributed by atoms with Crippen molar-refractivity contribution in [3.63, 3.8) is 0 Å². The SMILES string of the molecule is CC(C)c1ccc(C(=O)NC[C@@H]2CCN(c3cnn(C)c(=O)c3)C2)c(=O)[nH]1. The Morgan fingerprint density at radius 3 is 2.81 bits per heavy atom. The monoisotopic (exact) mass is 371 g/mol. The van der Waals surface area contributed by atoms with Crippen LogP contribution in [0.1, 0.15) is 42.2 Å². The van der Waals surface area contributed by atoms with E-state index in [1.807, 2.05) is 13.8 Å². The molecule has 1 aliphatic rings. The molecule has 0 aromatic carbocycles. The van der Waals surface area contributed by atoms with Crippen LogP contribution in [-0.2, 0) is 7.05 Å². The molecule has 3 rings (SSSR count). The van der Waals surface area contributed by atoms with Crippen LogP contribution in [-0.4, -0.2) is 40.3 Å². The smallest absolute Gasteiger partial charge is 0.268 e. The highest BCUT2D eigenvalue weighted by atomic mass is 16.2. The summed E-state index contributed by atoms with van der Waals surface area (Å²) in [5.74, 6) is 0.0934. The van der Waals surface area contributed by atoms with Crippen LogP contribution in [0.15, 0.2) is 34.0 Å². The largest absolute Gasteiger partial charge is 0.370 e. The van der Waals surface area contributed by atoms with Gasteiger partial charge in [-0.1, -0.05) is 13.8 Å². The Labute approximate surface area is 157 Å². The predicted octanol–water partition coefficient (Wildman–Crippen LogP) is 0.848. The van der Waals surface area contributed by atoms with Gasteiger partial charge in [0.05, 0.1) is 11.9 Å². The molecule has 1 fully saturated rings. The molecule has 3 heterocycles. The third-order valence-corrected chi connectivity index (χ3v) is 4.95. The van der Waals surface area contributed by atoms with Gasteiger partial charge in [0.2, 0.25) is 0 Å². The maximum atomic E-state index is 12.3. The van der Waals surface area contributed by atoms with E-state index in [1.54, 1.807) is 31.4 Å². The van der Waals surface area contributed by atoms with E-state index in [1.165, 1.54) is 4.68 Å². The standard InChI is InChI=1S/C19H25N5O3/c1-12(2)16-5-4-15(19(27)22-16)18(26)20-9-13-6-7-24(11-13)14-8-17(25)23(3)21-10-14/h4-5,8,10,12-13H,6-7,9,11H2,1-3H3,(H,20,26)(H,22,27)/t13-/m0/s1. The molecule has 2 aromatic heterocycles. The van der Waals surface area contributed by atoms with Crippen LogP contribution in [0, 0.1) is 5.92 Å². The highest BCUT2D eigenvalue weighted by Gasteiger charge is 2.24. The first-order valence-corrected chi connectivity index (χ1v) is 9.15. The topological polar surface area (TPSA) is 100 Å². The molecule has 0 unspecified atom stereocenters. The second-order valence-electron chi connectivity index (χ2n) is 7.30. The van der Waals surface area contributed by atoms with Crippen LogP contribution >= 0.6 is 0 Å². The van der Waals surface area contributed by atoms with Gasteiger partial charge in [-0.25, -0.2) is 4.68 Å². The zero-order chi connectivity index (χ0) is 19.6. The lowest BCUT2D eigenvalue weighted by atomic mass is 10.1. The lowest BCUT2D eigenvalue weighted by molar-refractivity contribution is 0.0946. The van der Waals surface area contributed by atoms with E-state index in [9.17, 15) is 14.4 Å². The van der Waals surface area contributed by atoms with Gasteiger partial charge in [-0.3, -0.25) is 14.4 Å². The van der Waals surface area contributed by atoms with Crippen molar-refractivity contribution < 1.29 is 4.79 Å². The minimum atomic E-state index is -0.363. The van der Waals surface area contributed by atoms with Crippen LogP contribution in [0.2, 0.25) is 0 Å². The van der Waals surface area contributed by atoms with Crippen molar-refractivity contribution in [2.24, 2.45) is 13.0 Å².